The van der Waals surface area contributed by atoms with E-state index in [9.17, 15) is 25.2 Å². The van der Waals surface area contributed by atoms with Crippen LogP contribution in [0.1, 0.15) is 85.0 Å². The zero-order valence-corrected chi connectivity index (χ0v) is 19.9. The molecular weight excluding hydrogens is 412 g/mol. The molecule has 184 valence electrons. The van der Waals surface area contributed by atoms with Gasteiger partial charge in [-0.1, -0.05) is 59.0 Å². The van der Waals surface area contributed by atoms with Crippen LogP contribution in [0, 0.1) is 17.8 Å². The van der Waals surface area contributed by atoms with Gasteiger partial charge in [0.25, 0.3) is 0 Å². The van der Waals surface area contributed by atoms with Crippen LogP contribution >= 0.6 is 0 Å². The van der Waals surface area contributed by atoms with Crippen molar-refractivity contribution < 1.29 is 34.7 Å². The van der Waals surface area contributed by atoms with E-state index in [0.717, 1.165) is 19.3 Å². The van der Waals surface area contributed by atoms with Crippen LogP contribution in [-0.4, -0.2) is 62.2 Å². The first kappa shape index (κ1) is 25.6. The Kier molecular flexibility index (Phi) is 7.77. The van der Waals surface area contributed by atoms with Gasteiger partial charge in [0.2, 0.25) is 0 Å². The number of aliphatic hydroxyl groups is 4. The van der Waals surface area contributed by atoms with Gasteiger partial charge in [-0.05, 0) is 37.2 Å². The Balaban J connectivity index is 1.75. The average Bonchev–Trinajstić information content (AvgIpc) is 2.95. The average molecular weight is 455 g/mol. The Hall–Kier alpha value is -0.990. The summed E-state index contributed by atoms with van der Waals surface area (Å²) in [7, 11) is 0. The molecule has 1 aliphatic heterocycles. The Bertz CT molecular complexity index is 692. The summed E-state index contributed by atoms with van der Waals surface area (Å²) in [6.45, 7) is 9.44. The zero-order chi connectivity index (χ0) is 23.7. The minimum atomic E-state index is -1.86. The summed E-state index contributed by atoms with van der Waals surface area (Å²) in [5, 5.41) is 44.8. The van der Waals surface area contributed by atoms with Crippen molar-refractivity contribution in [2.75, 3.05) is 6.61 Å². The van der Waals surface area contributed by atoms with Crippen molar-refractivity contribution in [3.63, 3.8) is 0 Å². The maximum atomic E-state index is 12.7. The number of ether oxygens (including phenoxy) is 2. The van der Waals surface area contributed by atoms with Crippen LogP contribution in [0.2, 0.25) is 0 Å². The summed E-state index contributed by atoms with van der Waals surface area (Å²) in [5.74, 6) is -3.54. The third kappa shape index (κ3) is 4.39. The van der Waals surface area contributed by atoms with Gasteiger partial charge in [-0.25, -0.2) is 0 Å². The van der Waals surface area contributed by atoms with Crippen molar-refractivity contribution in [3.8, 4) is 0 Å². The van der Waals surface area contributed by atoms with Gasteiger partial charge < -0.3 is 29.9 Å². The van der Waals surface area contributed by atoms with Crippen LogP contribution < -0.4 is 0 Å². The molecule has 4 N–H and O–H groups in total. The van der Waals surface area contributed by atoms with Gasteiger partial charge in [-0.2, -0.15) is 0 Å². The van der Waals surface area contributed by atoms with Crippen molar-refractivity contribution >= 4 is 5.97 Å². The highest BCUT2D eigenvalue weighted by Crippen LogP contribution is 2.60. The van der Waals surface area contributed by atoms with Gasteiger partial charge >= 0.3 is 5.97 Å². The molecule has 2 aliphatic carbocycles. The van der Waals surface area contributed by atoms with Gasteiger partial charge in [0.1, 0.15) is 17.3 Å². The molecule has 7 heteroatoms. The number of fused-ring (bicyclic) bond motifs is 3. The van der Waals surface area contributed by atoms with Gasteiger partial charge in [0.15, 0.2) is 5.79 Å². The van der Waals surface area contributed by atoms with Crippen molar-refractivity contribution in [1.82, 2.24) is 0 Å². The molecule has 0 aromatic heterocycles. The fourth-order valence-electron chi connectivity index (χ4n) is 6.16. The Morgan fingerprint density at radius 2 is 1.78 bits per heavy atom. The molecule has 32 heavy (non-hydrogen) atoms. The highest BCUT2D eigenvalue weighted by Gasteiger charge is 2.72. The number of carbonyl (C=O) groups is 1. The lowest BCUT2D eigenvalue weighted by Gasteiger charge is -2.60. The third-order valence-electron chi connectivity index (χ3n) is 8.21. The van der Waals surface area contributed by atoms with Crippen molar-refractivity contribution in [3.05, 3.63) is 12.2 Å². The second-order valence-corrected chi connectivity index (χ2v) is 10.6. The third-order valence-corrected chi connectivity index (χ3v) is 8.21. The SMILES string of the molecule is C=C1CO[C@@]2(O)C[C@@H](C)[C@@H]3C[C@@H](O)[C@](C)(O)[C@H](OC(=O)CCCCCCCCC)[C@H]3[C@@]12O. The Labute approximate surface area is 191 Å². The van der Waals surface area contributed by atoms with Crippen LogP contribution in [0.3, 0.4) is 0 Å². The molecule has 7 nitrogen and oxygen atoms in total. The molecule has 0 amide bonds. The van der Waals surface area contributed by atoms with E-state index >= 15 is 0 Å². The molecule has 0 spiro atoms. The van der Waals surface area contributed by atoms with Crippen LogP contribution in [0.5, 0.6) is 0 Å². The quantitative estimate of drug-likeness (QED) is 0.240. The fourth-order valence-corrected chi connectivity index (χ4v) is 6.16. The smallest absolute Gasteiger partial charge is 0.306 e. The van der Waals surface area contributed by atoms with E-state index in [-0.39, 0.29) is 37.7 Å². The second-order valence-electron chi connectivity index (χ2n) is 10.6. The van der Waals surface area contributed by atoms with Crippen LogP contribution in [0.15, 0.2) is 12.2 Å². The first-order valence-electron chi connectivity index (χ1n) is 12.4. The first-order chi connectivity index (χ1) is 15.0. The molecule has 0 radical (unpaired) electrons. The number of rotatable bonds is 9. The molecular formula is C25H42O7. The predicted octanol–water partition coefficient (Wildman–Crippen LogP) is 2.83. The molecule has 3 aliphatic rings. The first-order valence-corrected chi connectivity index (χ1v) is 12.4. The van der Waals surface area contributed by atoms with Gasteiger partial charge in [0, 0.05) is 18.8 Å². The predicted molar refractivity (Wildman–Crippen MR) is 119 cm³/mol. The minimum absolute atomic E-state index is 0.00761. The minimum Gasteiger partial charge on any atom is -0.459 e. The van der Waals surface area contributed by atoms with E-state index in [4.69, 9.17) is 9.47 Å². The fraction of sp³-hybridized carbons (Fsp3) is 0.880. The van der Waals surface area contributed by atoms with E-state index in [1.54, 1.807) is 0 Å². The van der Waals surface area contributed by atoms with Crippen LogP contribution in [0.25, 0.3) is 0 Å². The maximum absolute atomic E-state index is 12.7. The Morgan fingerprint density at radius 1 is 1.16 bits per heavy atom. The van der Waals surface area contributed by atoms with Gasteiger partial charge in [0.05, 0.1) is 12.7 Å². The standard InChI is InChI=1S/C25H42O7/c1-5-6-7-8-9-10-11-12-20(27)32-22-21-18(13-19(26)23(22,4)28)16(2)14-24(29)25(21,30)17(3)15-31-24/h16,18-19,21-22,26,28-30H,3,5-15H2,1-2,4H3/t16-,18+,19-,21+,22-,23+,24+,25+/m1/s1. The molecule has 3 rings (SSSR count). The summed E-state index contributed by atoms with van der Waals surface area (Å²) in [6, 6.07) is 0. The van der Waals surface area contributed by atoms with Gasteiger partial charge in [-0.15, -0.1) is 0 Å². The van der Waals surface area contributed by atoms with Crippen LogP contribution in [0.4, 0.5) is 0 Å². The van der Waals surface area contributed by atoms with Crippen LogP contribution in [-0.2, 0) is 14.3 Å². The normalized spacial score (nSPS) is 43.6. The maximum Gasteiger partial charge on any atom is 0.306 e. The van der Waals surface area contributed by atoms with Crippen molar-refractivity contribution in [1.29, 1.82) is 0 Å². The highest BCUT2D eigenvalue weighted by atomic mass is 16.7. The number of aliphatic hydroxyl groups excluding tert-OH is 1. The summed E-state index contributed by atoms with van der Waals surface area (Å²) in [4.78, 5) is 12.7. The second kappa shape index (κ2) is 9.71. The molecule has 0 aromatic carbocycles. The highest BCUT2D eigenvalue weighted by molar-refractivity contribution is 5.69. The number of carbonyl (C=O) groups excluding carboxylic acids is 1. The monoisotopic (exact) mass is 454 g/mol. The molecule has 1 saturated heterocycles. The molecule has 1 heterocycles. The molecule has 0 bridgehead atoms. The summed E-state index contributed by atoms with van der Waals surface area (Å²) in [6.07, 6.45) is 5.79. The number of esters is 1. The van der Waals surface area contributed by atoms with Gasteiger partial charge in [-0.3, -0.25) is 4.79 Å². The van der Waals surface area contributed by atoms with E-state index in [1.165, 1.54) is 26.2 Å². The number of hydrogen-bond donors (Lipinski definition) is 4. The molecule has 2 saturated carbocycles. The molecule has 0 unspecified atom stereocenters. The van der Waals surface area contributed by atoms with E-state index in [1.807, 2.05) is 6.92 Å². The number of hydrogen-bond acceptors (Lipinski definition) is 7. The molecule has 3 fully saturated rings. The lowest BCUT2D eigenvalue weighted by Crippen LogP contribution is -2.73. The largest absolute Gasteiger partial charge is 0.459 e. The topological polar surface area (TPSA) is 116 Å². The van der Waals surface area contributed by atoms with E-state index in [2.05, 4.69) is 13.5 Å². The zero-order valence-electron chi connectivity index (χ0n) is 19.9. The molecule has 8 atom stereocenters. The van der Waals surface area contributed by atoms with E-state index < -0.39 is 41.1 Å². The number of unbranched alkanes of at least 4 members (excludes halogenated alkanes) is 6. The lowest BCUT2D eigenvalue weighted by atomic mass is 9.52. The van der Waals surface area contributed by atoms with Crippen molar-refractivity contribution in [2.45, 2.75) is 114 Å². The summed E-state index contributed by atoms with van der Waals surface area (Å²) < 4.78 is 11.4. The lowest BCUT2D eigenvalue weighted by molar-refractivity contribution is -0.332. The summed E-state index contributed by atoms with van der Waals surface area (Å²) >= 11 is 0. The summed E-state index contributed by atoms with van der Waals surface area (Å²) in [5.41, 5.74) is -3.33. The van der Waals surface area contributed by atoms with E-state index in [0.29, 0.717) is 12.0 Å². The van der Waals surface area contributed by atoms with Crippen molar-refractivity contribution in [2.24, 2.45) is 17.8 Å². The molecule has 0 aromatic rings. The Morgan fingerprint density at radius 3 is 2.44 bits per heavy atom.